The molecule has 0 radical (unpaired) electrons. The third-order valence-electron chi connectivity index (χ3n) is 3.22. The van der Waals surface area contributed by atoms with Gasteiger partial charge < -0.3 is 22.4 Å². The first-order chi connectivity index (χ1) is 8.97. The van der Waals surface area contributed by atoms with Crippen molar-refractivity contribution in [1.29, 1.82) is 0 Å². The Hall–Kier alpha value is 0.471. The van der Waals surface area contributed by atoms with E-state index in [9.17, 15) is 12.9 Å². The van der Waals surface area contributed by atoms with Crippen LogP contribution in [0.1, 0.15) is 24.8 Å². The first-order valence-corrected chi connectivity index (χ1v) is 6.52. The van der Waals surface area contributed by atoms with E-state index in [-0.39, 0.29) is 69.8 Å². The van der Waals surface area contributed by atoms with Crippen LogP contribution >= 0.6 is 0 Å². The molecule has 1 heterocycles. The number of hydrogen-bond donors (Lipinski definition) is 0. The minimum atomic E-state index is -5.05. The molecule has 2 nitrogen and oxygen atoms in total. The van der Waals surface area contributed by atoms with Crippen LogP contribution in [0.3, 0.4) is 0 Å². The second-order valence-electron chi connectivity index (χ2n) is 4.92. The Bertz CT molecular complexity index is 434. The number of halogens is 3. The molecule has 0 bridgehead atoms. The van der Waals surface area contributed by atoms with Gasteiger partial charge in [-0.15, -0.1) is 0 Å². The summed E-state index contributed by atoms with van der Waals surface area (Å²) in [5.74, 6) is -0.0905. The van der Waals surface area contributed by atoms with Gasteiger partial charge in [-0.05, 0) is 32.3 Å². The minimum absolute atomic E-state index is 0. The van der Waals surface area contributed by atoms with Crippen LogP contribution in [0.15, 0.2) is 18.2 Å². The average Bonchev–Trinajstić information content (AvgIpc) is 2.37. The molecule has 20 heavy (non-hydrogen) atoms. The molecule has 0 amide bonds. The van der Waals surface area contributed by atoms with Gasteiger partial charge in [-0.1, -0.05) is 23.2 Å². The van der Waals surface area contributed by atoms with Gasteiger partial charge in [0, 0.05) is 6.61 Å². The van der Waals surface area contributed by atoms with Gasteiger partial charge in [0.15, 0.2) is 0 Å². The maximum Gasteiger partial charge on any atom is 1.00 e. The van der Waals surface area contributed by atoms with Crippen molar-refractivity contribution in [3.63, 3.8) is 0 Å². The number of aryl methyl sites for hydroxylation is 1. The molecule has 1 saturated heterocycles. The number of benzene rings is 1. The summed E-state index contributed by atoms with van der Waals surface area (Å²) in [6.07, 6.45) is 2.80. The van der Waals surface area contributed by atoms with Crippen LogP contribution in [0, 0.1) is 6.92 Å². The molecule has 1 aromatic carbocycles. The minimum Gasteiger partial charge on any atom is -0.494 e. The van der Waals surface area contributed by atoms with E-state index in [1.54, 1.807) is 13.0 Å². The number of ether oxygens (including phenoxy) is 2. The van der Waals surface area contributed by atoms with E-state index in [0.717, 1.165) is 25.3 Å². The van der Waals surface area contributed by atoms with Gasteiger partial charge >= 0.3 is 58.4 Å². The molecule has 2 rings (SSSR count). The molecule has 1 aliphatic rings. The predicted octanol–water partition coefficient (Wildman–Crippen LogP) is 0.00132. The van der Waals surface area contributed by atoms with E-state index in [0.29, 0.717) is 12.2 Å². The number of hydrogen-bond acceptors (Lipinski definition) is 2. The fraction of sp³-hybridized carbons (Fsp3) is 0.538. The van der Waals surface area contributed by atoms with Crippen molar-refractivity contribution in [3.05, 3.63) is 23.8 Å². The molecule has 0 saturated carbocycles. The normalized spacial score (nSPS) is 19.3. The molecule has 1 aromatic rings. The summed E-state index contributed by atoms with van der Waals surface area (Å²) in [6.45, 7) is -2.57. The van der Waals surface area contributed by atoms with Gasteiger partial charge in [0.05, 0.1) is 11.9 Å². The maximum absolute atomic E-state index is 12.9. The van der Waals surface area contributed by atoms with Gasteiger partial charge in [-0.2, -0.15) is 0 Å². The zero-order valence-electron chi connectivity index (χ0n) is 11.9. The Balaban J connectivity index is 0.00000200. The van der Waals surface area contributed by atoms with E-state index in [4.69, 9.17) is 9.47 Å². The van der Waals surface area contributed by atoms with E-state index in [2.05, 4.69) is 0 Å². The maximum atomic E-state index is 12.9. The topological polar surface area (TPSA) is 18.5 Å². The zero-order chi connectivity index (χ0) is 13.9. The van der Waals surface area contributed by atoms with Crippen LogP contribution in [0.25, 0.3) is 0 Å². The molecule has 106 valence electrons. The second-order valence-corrected chi connectivity index (χ2v) is 4.92. The molecule has 1 atom stereocenters. The van der Waals surface area contributed by atoms with Crippen LogP contribution < -0.4 is 61.6 Å². The summed E-state index contributed by atoms with van der Waals surface area (Å²) in [7, 11) is 0. The molecular formula is C13H17BF3KO2. The molecule has 0 spiro atoms. The van der Waals surface area contributed by atoms with Crippen LogP contribution in [-0.2, 0) is 4.74 Å². The van der Waals surface area contributed by atoms with Gasteiger partial charge in [0.1, 0.15) is 6.61 Å². The first kappa shape index (κ1) is 18.5. The Morgan fingerprint density at radius 1 is 1.30 bits per heavy atom. The summed E-state index contributed by atoms with van der Waals surface area (Å²) >= 11 is 0. The van der Waals surface area contributed by atoms with Crippen molar-refractivity contribution in [3.8, 4) is 5.75 Å². The molecule has 1 fully saturated rings. The first-order valence-electron chi connectivity index (χ1n) is 6.52. The SMILES string of the molecule is Cc1ccc(OCC2CCCCO2)c([B-](F)(F)F)c1.[K+]. The smallest absolute Gasteiger partial charge is 0.494 e. The van der Waals surface area contributed by atoms with Crippen LogP contribution in [0.5, 0.6) is 5.75 Å². The van der Waals surface area contributed by atoms with Crippen molar-refractivity contribution in [2.24, 2.45) is 0 Å². The van der Waals surface area contributed by atoms with Crippen molar-refractivity contribution >= 4 is 12.4 Å². The van der Waals surface area contributed by atoms with Crippen LogP contribution in [0.2, 0.25) is 0 Å². The standard InChI is InChI=1S/C13H17BF3O2.K/c1-10-5-6-13(12(8-10)14(15,16)17)19-9-11-4-2-3-7-18-11;/h5-6,8,11H,2-4,7,9H2,1H3;/q-1;+1. The van der Waals surface area contributed by atoms with E-state index in [1.165, 1.54) is 6.07 Å². The summed E-state index contributed by atoms with van der Waals surface area (Å²) in [5, 5.41) is 0. The molecule has 7 heteroatoms. The predicted molar refractivity (Wildman–Crippen MR) is 69.0 cm³/mol. The van der Waals surface area contributed by atoms with Gasteiger partial charge in [-0.3, -0.25) is 0 Å². The van der Waals surface area contributed by atoms with Crippen molar-refractivity contribution in [2.75, 3.05) is 13.2 Å². The molecule has 1 unspecified atom stereocenters. The average molecular weight is 312 g/mol. The van der Waals surface area contributed by atoms with Gasteiger partial charge in [-0.25, -0.2) is 0 Å². The van der Waals surface area contributed by atoms with Gasteiger partial charge in [0.25, 0.3) is 0 Å². The molecule has 1 aliphatic heterocycles. The summed E-state index contributed by atoms with van der Waals surface area (Å²) in [6, 6.07) is 4.15. The Kier molecular flexibility index (Phi) is 7.59. The van der Waals surface area contributed by atoms with Crippen molar-refractivity contribution in [2.45, 2.75) is 32.3 Å². The zero-order valence-corrected chi connectivity index (χ0v) is 15.0. The Morgan fingerprint density at radius 3 is 2.65 bits per heavy atom. The molecule has 0 aliphatic carbocycles. The Morgan fingerprint density at radius 2 is 2.05 bits per heavy atom. The van der Waals surface area contributed by atoms with E-state index in [1.807, 2.05) is 0 Å². The van der Waals surface area contributed by atoms with Crippen molar-refractivity contribution < 1.29 is 73.8 Å². The molecular weight excluding hydrogens is 295 g/mol. The fourth-order valence-electron chi connectivity index (χ4n) is 2.18. The van der Waals surface area contributed by atoms with Crippen LogP contribution in [-0.4, -0.2) is 26.3 Å². The Labute approximate surface area is 159 Å². The molecule has 0 aromatic heterocycles. The largest absolute Gasteiger partial charge is 1.00 e. The second kappa shape index (κ2) is 8.20. The van der Waals surface area contributed by atoms with Crippen molar-refractivity contribution in [1.82, 2.24) is 0 Å². The summed E-state index contributed by atoms with van der Waals surface area (Å²) in [5.41, 5.74) is -0.0775. The van der Waals surface area contributed by atoms with E-state index >= 15 is 0 Å². The van der Waals surface area contributed by atoms with Crippen LogP contribution in [0.4, 0.5) is 12.9 Å². The van der Waals surface area contributed by atoms with E-state index < -0.39 is 12.4 Å². The quantitative estimate of drug-likeness (QED) is 0.729. The fourth-order valence-corrected chi connectivity index (χ4v) is 2.18. The summed E-state index contributed by atoms with van der Waals surface area (Å²) in [4.78, 5) is 0. The third-order valence-corrected chi connectivity index (χ3v) is 3.22. The van der Waals surface area contributed by atoms with Gasteiger partial charge in [0.2, 0.25) is 0 Å². The third kappa shape index (κ3) is 5.35. The summed E-state index contributed by atoms with van der Waals surface area (Å²) < 4.78 is 49.6. The number of rotatable bonds is 4. The molecule has 0 N–H and O–H groups in total. The monoisotopic (exact) mass is 312 g/mol.